The van der Waals surface area contributed by atoms with Crippen LogP contribution in [0, 0.1) is 0 Å². The van der Waals surface area contributed by atoms with Gasteiger partial charge in [0.15, 0.2) is 0 Å². The van der Waals surface area contributed by atoms with Gasteiger partial charge < -0.3 is 20.1 Å². The Balaban J connectivity index is 1.98. The Bertz CT molecular complexity index is 453. The smallest absolute Gasteiger partial charge is 0.256 e. The van der Waals surface area contributed by atoms with Crippen molar-refractivity contribution in [3.63, 3.8) is 0 Å². The first-order valence-corrected chi connectivity index (χ1v) is 6.93. The van der Waals surface area contributed by atoms with E-state index in [9.17, 15) is 4.79 Å². The molecule has 0 spiro atoms. The van der Waals surface area contributed by atoms with Gasteiger partial charge in [-0.15, -0.1) is 0 Å². The summed E-state index contributed by atoms with van der Waals surface area (Å²) in [6.45, 7) is 3.18. The fourth-order valence-electron chi connectivity index (χ4n) is 2.30. The summed E-state index contributed by atoms with van der Waals surface area (Å²) in [5.41, 5.74) is 1.06. The van der Waals surface area contributed by atoms with Gasteiger partial charge in [0, 0.05) is 31.6 Å². The van der Waals surface area contributed by atoms with Crippen LogP contribution in [0.4, 0.5) is 11.4 Å². The highest BCUT2D eigenvalue weighted by Gasteiger charge is 2.37. The molecule has 1 amide bonds. The number of aliphatic hydroxyl groups excluding tert-OH is 1. The third-order valence-corrected chi connectivity index (χ3v) is 3.70. The number of nitrogens with one attached hydrogen (secondary N) is 1. The molecule has 5 nitrogen and oxygen atoms in total. The van der Waals surface area contributed by atoms with Gasteiger partial charge in [-0.1, -0.05) is 0 Å². The molecule has 1 aliphatic rings. The standard InChI is InChI=1S/C15H22N2O3/c1-15(8-3-11-20-15)14(19)16-12-4-6-13(7-5-12)17(2)9-10-18/h4-7,18H,3,8-11H2,1-2H3,(H,16,19). The van der Waals surface area contributed by atoms with E-state index in [0.717, 1.165) is 24.2 Å². The van der Waals surface area contributed by atoms with E-state index < -0.39 is 5.60 Å². The van der Waals surface area contributed by atoms with Gasteiger partial charge in [-0.2, -0.15) is 0 Å². The fourth-order valence-corrected chi connectivity index (χ4v) is 2.30. The van der Waals surface area contributed by atoms with Crippen molar-refractivity contribution in [2.24, 2.45) is 0 Å². The molecule has 5 heteroatoms. The highest BCUT2D eigenvalue weighted by molar-refractivity contribution is 5.97. The minimum absolute atomic E-state index is 0.0912. The van der Waals surface area contributed by atoms with Crippen molar-refractivity contribution in [2.45, 2.75) is 25.4 Å². The number of anilines is 2. The molecular weight excluding hydrogens is 256 g/mol. The molecule has 0 aliphatic carbocycles. The normalized spacial score (nSPS) is 21.8. The Morgan fingerprint density at radius 2 is 2.15 bits per heavy atom. The Morgan fingerprint density at radius 1 is 1.45 bits per heavy atom. The number of hydrogen-bond acceptors (Lipinski definition) is 4. The largest absolute Gasteiger partial charge is 0.395 e. The first-order valence-electron chi connectivity index (χ1n) is 6.93. The molecule has 1 heterocycles. The van der Waals surface area contributed by atoms with E-state index in [1.165, 1.54) is 0 Å². The zero-order valence-electron chi connectivity index (χ0n) is 12.1. The molecule has 20 heavy (non-hydrogen) atoms. The van der Waals surface area contributed by atoms with Crippen LogP contribution < -0.4 is 10.2 Å². The molecule has 1 saturated heterocycles. The lowest BCUT2D eigenvalue weighted by Crippen LogP contribution is -2.39. The van der Waals surface area contributed by atoms with Crippen molar-refractivity contribution >= 4 is 17.3 Å². The number of likely N-dealkylation sites (N-methyl/N-ethyl adjacent to an activating group) is 1. The van der Waals surface area contributed by atoms with Crippen molar-refractivity contribution in [3.8, 4) is 0 Å². The quantitative estimate of drug-likeness (QED) is 0.859. The number of aliphatic hydroxyl groups is 1. The van der Waals surface area contributed by atoms with Gasteiger partial charge >= 0.3 is 0 Å². The van der Waals surface area contributed by atoms with Crippen LogP contribution in [0.3, 0.4) is 0 Å². The highest BCUT2D eigenvalue weighted by atomic mass is 16.5. The van der Waals surface area contributed by atoms with E-state index in [1.807, 2.05) is 43.1 Å². The van der Waals surface area contributed by atoms with E-state index in [2.05, 4.69) is 5.32 Å². The monoisotopic (exact) mass is 278 g/mol. The van der Waals surface area contributed by atoms with Crippen LogP contribution in [-0.2, 0) is 9.53 Å². The predicted octanol–water partition coefficient (Wildman–Crippen LogP) is 1.62. The minimum atomic E-state index is -0.702. The number of nitrogens with zero attached hydrogens (tertiary/aromatic N) is 1. The van der Waals surface area contributed by atoms with Gasteiger partial charge in [0.25, 0.3) is 5.91 Å². The zero-order valence-corrected chi connectivity index (χ0v) is 12.1. The van der Waals surface area contributed by atoms with Crippen LogP contribution in [0.1, 0.15) is 19.8 Å². The van der Waals surface area contributed by atoms with Crippen molar-refractivity contribution in [3.05, 3.63) is 24.3 Å². The predicted molar refractivity (Wildman–Crippen MR) is 79.0 cm³/mol. The lowest BCUT2D eigenvalue weighted by atomic mass is 10.0. The second kappa shape index (κ2) is 6.24. The molecule has 0 bridgehead atoms. The molecule has 1 unspecified atom stereocenters. The summed E-state index contributed by atoms with van der Waals surface area (Å²) >= 11 is 0. The number of amides is 1. The molecule has 1 aromatic carbocycles. The number of ether oxygens (including phenoxy) is 1. The molecule has 1 aromatic rings. The lowest BCUT2D eigenvalue weighted by molar-refractivity contribution is -0.133. The van der Waals surface area contributed by atoms with Crippen LogP contribution in [0.2, 0.25) is 0 Å². The summed E-state index contributed by atoms with van der Waals surface area (Å²) in [5, 5.41) is 11.8. The van der Waals surface area contributed by atoms with Crippen LogP contribution in [0.5, 0.6) is 0 Å². The van der Waals surface area contributed by atoms with Gasteiger partial charge in [0.05, 0.1) is 6.61 Å². The zero-order chi connectivity index (χ0) is 14.6. The van der Waals surface area contributed by atoms with Crippen LogP contribution in [0.25, 0.3) is 0 Å². The van der Waals surface area contributed by atoms with E-state index in [1.54, 1.807) is 0 Å². The molecule has 1 atom stereocenters. The van der Waals surface area contributed by atoms with Crippen molar-refractivity contribution in [1.82, 2.24) is 0 Å². The molecule has 2 N–H and O–H groups in total. The van der Waals surface area contributed by atoms with Crippen LogP contribution >= 0.6 is 0 Å². The maximum Gasteiger partial charge on any atom is 0.256 e. The number of carbonyl (C=O) groups is 1. The lowest BCUT2D eigenvalue weighted by Gasteiger charge is -2.22. The molecule has 0 saturated carbocycles. The Labute approximate surface area is 119 Å². The summed E-state index contributed by atoms with van der Waals surface area (Å²) in [6, 6.07) is 7.56. The molecule has 1 aliphatic heterocycles. The van der Waals surface area contributed by atoms with Crippen molar-refractivity contribution < 1.29 is 14.6 Å². The van der Waals surface area contributed by atoms with Gasteiger partial charge in [0.2, 0.25) is 0 Å². The van der Waals surface area contributed by atoms with Gasteiger partial charge in [-0.3, -0.25) is 4.79 Å². The third-order valence-electron chi connectivity index (χ3n) is 3.70. The second-order valence-corrected chi connectivity index (χ2v) is 5.33. The SMILES string of the molecule is CN(CCO)c1ccc(NC(=O)C2(C)CCCO2)cc1. The Hall–Kier alpha value is -1.59. The second-order valence-electron chi connectivity index (χ2n) is 5.33. The number of rotatable bonds is 5. The van der Waals surface area contributed by atoms with E-state index >= 15 is 0 Å². The Morgan fingerprint density at radius 3 is 2.70 bits per heavy atom. The van der Waals surface area contributed by atoms with E-state index in [0.29, 0.717) is 13.2 Å². The maximum absolute atomic E-state index is 12.2. The number of benzene rings is 1. The molecule has 0 radical (unpaired) electrons. The van der Waals surface area contributed by atoms with Crippen LogP contribution in [-0.4, -0.2) is 43.4 Å². The van der Waals surface area contributed by atoms with Gasteiger partial charge in [-0.05, 0) is 44.0 Å². The molecule has 2 rings (SSSR count). The summed E-state index contributed by atoms with van der Waals surface area (Å²) in [4.78, 5) is 14.1. The van der Waals surface area contributed by atoms with Gasteiger partial charge in [-0.25, -0.2) is 0 Å². The van der Waals surface area contributed by atoms with E-state index in [4.69, 9.17) is 9.84 Å². The van der Waals surface area contributed by atoms with E-state index in [-0.39, 0.29) is 12.5 Å². The molecule has 110 valence electrons. The minimum Gasteiger partial charge on any atom is -0.395 e. The number of carbonyl (C=O) groups excluding carboxylic acids is 1. The first-order chi connectivity index (χ1) is 9.55. The van der Waals surface area contributed by atoms with Crippen molar-refractivity contribution in [1.29, 1.82) is 0 Å². The van der Waals surface area contributed by atoms with Crippen LogP contribution in [0.15, 0.2) is 24.3 Å². The molecular formula is C15H22N2O3. The Kier molecular flexibility index (Phi) is 4.62. The summed E-state index contributed by atoms with van der Waals surface area (Å²) in [7, 11) is 1.91. The first kappa shape index (κ1) is 14.8. The fraction of sp³-hybridized carbons (Fsp3) is 0.533. The summed E-state index contributed by atoms with van der Waals surface area (Å²) < 4.78 is 5.52. The van der Waals surface area contributed by atoms with Crippen molar-refractivity contribution in [2.75, 3.05) is 37.0 Å². The maximum atomic E-state index is 12.2. The average molecular weight is 278 g/mol. The summed E-state index contributed by atoms with van der Waals surface area (Å²) in [5.74, 6) is -0.0912. The molecule has 1 fully saturated rings. The highest BCUT2D eigenvalue weighted by Crippen LogP contribution is 2.27. The summed E-state index contributed by atoms with van der Waals surface area (Å²) in [6.07, 6.45) is 1.69. The average Bonchev–Trinajstić information content (AvgIpc) is 2.88. The molecule has 0 aromatic heterocycles. The van der Waals surface area contributed by atoms with Gasteiger partial charge in [0.1, 0.15) is 5.60 Å². The topological polar surface area (TPSA) is 61.8 Å². The number of hydrogen-bond donors (Lipinski definition) is 2. The third kappa shape index (κ3) is 3.29.